The number of thiocarbonyl (C=S) groups is 1. The van der Waals surface area contributed by atoms with Crippen LogP contribution in [0.15, 0.2) is 48.5 Å². The van der Waals surface area contributed by atoms with Crippen molar-refractivity contribution in [3.8, 4) is 0 Å². The summed E-state index contributed by atoms with van der Waals surface area (Å²) < 4.78 is 27.5. The van der Waals surface area contributed by atoms with Gasteiger partial charge in [0.05, 0.1) is 0 Å². The molecule has 24 heavy (non-hydrogen) atoms. The molecule has 0 saturated heterocycles. The van der Waals surface area contributed by atoms with Crippen molar-refractivity contribution in [3.63, 3.8) is 0 Å². The van der Waals surface area contributed by atoms with Gasteiger partial charge in [0.15, 0.2) is 5.11 Å². The second-order valence-electron chi connectivity index (χ2n) is 6.94. The van der Waals surface area contributed by atoms with Gasteiger partial charge in [-0.15, -0.1) is 0 Å². The zero-order chi connectivity index (χ0) is 17.4. The maximum atomic E-state index is 14.3. The Balaban J connectivity index is 1.72. The number of nitrogens with one attached hydrogen (secondary N) is 2. The summed E-state index contributed by atoms with van der Waals surface area (Å²) in [6.07, 6.45) is 0.823. The Morgan fingerprint density at radius 2 is 1.79 bits per heavy atom. The number of hydrogen-bond donors (Lipinski definition) is 2. The average Bonchev–Trinajstić information content (AvgIpc) is 3.08. The van der Waals surface area contributed by atoms with Crippen molar-refractivity contribution < 1.29 is 8.78 Å². The molecule has 0 aliphatic heterocycles. The van der Waals surface area contributed by atoms with Gasteiger partial charge in [-0.1, -0.05) is 38.1 Å². The molecule has 5 heteroatoms. The van der Waals surface area contributed by atoms with Crippen LogP contribution in [-0.4, -0.2) is 11.7 Å². The van der Waals surface area contributed by atoms with E-state index in [4.69, 9.17) is 12.2 Å². The van der Waals surface area contributed by atoms with Crippen LogP contribution < -0.4 is 10.6 Å². The summed E-state index contributed by atoms with van der Waals surface area (Å²) in [5.74, 6) is -1.05. The highest BCUT2D eigenvalue weighted by atomic mass is 32.1. The second-order valence-corrected chi connectivity index (χ2v) is 7.35. The van der Waals surface area contributed by atoms with Crippen LogP contribution in [0.4, 0.5) is 14.5 Å². The Bertz CT molecular complexity index is 761. The van der Waals surface area contributed by atoms with Crippen LogP contribution in [0.1, 0.15) is 25.8 Å². The average molecular weight is 346 g/mol. The lowest BCUT2D eigenvalue weighted by Gasteiger charge is -2.23. The molecule has 1 fully saturated rings. The normalized spacial score (nSPS) is 21.2. The van der Waals surface area contributed by atoms with Crippen molar-refractivity contribution in [2.45, 2.75) is 25.7 Å². The van der Waals surface area contributed by atoms with Crippen molar-refractivity contribution in [1.82, 2.24) is 5.32 Å². The standard InChI is InChI=1S/C19H20F2N2S/c1-18(2)11-19(18,15-9-8-13(20)10-16(15)21)12-22-17(24)23-14-6-4-3-5-7-14/h3-10H,11-12H2,1-2H3,(H2,22,23,24). The molecule has 3 rings (SSSR count). The Labute approximate surface area is 146 Å². The fourth-order valence-corrected chi connectivity index (χ4v) is 3.56. The van der Waals surface area contributed by atoms with Gasteiger partial charge in [-0.25, -0.2) is 8.78 Å². The third kappa shape index (κ3) is 3.13. The lowest BCUT2D eigenvalue weighted by Crippen LogP contribution is -2.37. The van der Waals surface area contributed by atoms with E-state index in [-0.39, 0.29) is 10.8 Å². The predicted molar refractivity (Wildman–Crippen MR) is 97.1 cm³/mol. The van der Waals surface area contributed by atoms with Crippen LogP contribution in [0.25, 0.3) is 0 Å². The second kappa shape index (κ2) is 6.13. The number of anilines is 1. The molecule has 0 aromatic heterocycles. The van der Waals surface area contributed by atoms with Crippen molar-refractivity contribution in [2.24, 2.45) is 5.41 Å². The molecule has 1 aliphatic carbocycles. The molecular weight excluding hydrogens is 326 g/mol. The lowest BCUT2D eigenvalue weighted by molar-refractivity contribution is 0.462. The first-order chi connectivity index (χ1) is 11.3. The first-order valence-corrected chi connectivity index (χ1v) is 8.30. The first-order valence-electron chi connectivity index (χ1n) is 7.90. The van der Waals surface area contributed by atoms with Gasteiger partial charge >= 0.3 is 0 Å². The van der Waals surface area contributed by atoms with Gasteiger partial charge in [0.2, 0.25) is 0 Å². The predicted octanol–water partition coefficient (Wildman–Crippen LogP) is 4.62. The van der Waals surface area contributed by atoms with Gasteiger partial charge in [-0.05, 0) is 47.8 Å². The summed E-state index contributed by atoms with van der Waals surface area (Å²) in [4.78, 5) is 0. The minimum absolute atomic E-state index is 0.0684. The molecular formula is C19H20F2N2S. The molecule has 1 atom stereocenters. The zero-order valence-corrected chi connectivity index (χ0v) is 14.5. The largest absolute Gasteiger partial charge is 0.362 e. The fourth-order valence-electron chi connectivity index (χ4n) is 3.37. The highest BCUT2D eigenvalue weighted by Crippen LogP contribution is 2.64. The van der Waals surface area contributed by atoms with Crippen molar-refractivity contribution in [3.05, 3.63) is 65.7 Å². The number of halogens is 2. The summed E-state index contributed by atoms with van der Waals surface area (Å²) >= 11 is 5.33. The van der Waals surface area contributed by atoms with E-state index in [1.165, 1.54) is 6.07 Å². The smallest absolute Gasteiger partial charge is 0.170 e. The molecule has 1 aliphatic rings. The van der Waals surface area contributed by atoms with E-state index in [9.17, 15) is 8.78 Å². The van der Waals surface area contributed by atoms with E-state index in [0.717, 1.165) is 18.2 Å². The van der Waals surface area contributed by atoms with Crippen LogP contribution in [0.2, 0.25) is 0 Å². The van der Waals surface area contributed by atoms with Crippen LogP contribution in [0.5, 0.6) is 0 Å². The van der Waals surface area contributed by atoms with Crippen LogP contribution >= 0.6 is 12.2 Å². The third-order valence-corrected chi connectivity index (χ3v) is 5.19. The van der Waals surface area contributed by atoms with Crippen LogP contribution in [0.3, 0.4) is 0 Å². The Kier molecular flexibility index (Phi) is 4.30. The topological polar surface area (TPSA) is 24.1 Å². The Morgan fingerprint density at radius 1 is 1.12 bits per heavy atom. The molecule has 1 saturated carbocycles. The molecule has 1 unspecified atom stereocenters. The maximum absolute atomic E-state index is 14.3. The maximum Gasteiger partial charge on any atom is 0.170 e. The van der Waals surface area contributed by atoms with E-state index in [2.05, 4.69) is 24.5 Å². The Morgan fingerprint density at radius 3 is 2.38 bits per heavy atom. The molecule has 2 aromatic rings. The minimum Gasteiger partial charge on any atom is -0.362 e. The molecule has 0 radical (unpaired) electrons. The van der Waals surface area contributed by atoms with Crippen molar-refractivity contribution >= 4 is 23.0 Å². The number of para-hydroxylation sites is 1. The summed E-state index contributed by atoms with van der Waals surface area (Å²) in [5, 5.41) is 6.79. The van der Waals surface area contributed by atoms with Crippen molar-refractivity contribution in [2.75, 3.05) is 11.9 Å². The van der Waals surface area contributed by atoms with Gasteiger partial charge in [0.1, 0.15) is 11.6 Å². The zero-order valence-electron chi connectivity index (χ0n) is 13.7. The quantitative estimate of drug-likeness (QED) is 0.790. The monoisotopic (exact) mass is 346 g/mol. The third-order valence-electron chi connectivity index (χ3n) is 4.94. The molecule has 0 heterocycles. The highest BCUT2D eigenvalue weighted by molar-refractivity contribution is 7.80. The molecule has 126 valence electrons. The van der Waals surface area contributed by atoms with E-state index >= 15 is 0 Å². The molecule has 0 amide bonds. The van der Waals surface area contributed by atoms with E-state index in [1.807, 2.05) is 30.3 Å². The summed E-state index contributed by atoms with van der Waals surface area (Å²) in [6, 6.07) is 13.4. The lowest BCUT2D eigenvalue weighted by atomic mass is 9.87. The minimum atomic E-state index is -0.556. The van der Waals surface area contributed by atoms with E-state index in [1.54, 1.807) is 6.07 Å². The van der Waals surface area contributed by atoms with Gasteiger partial charge < -0.3 is 10.6 Å². The summed E-state index contributed by atoms with van der Waals surface area (Å²) in [5.41, 5.74) is 0.991. The molecule has 2 nitrogen and oxygen atoms in total. The number of benzene rings is 2. The highest BCUT2D eigenvalue weighted by Gasteiger charge is 2.62. The van der Waals surface area contributed by atoms with Crippen LogP contribution in [-0.2, 0) is 5.41 Å². The fraction of sp³-hybridized carbons (Fsp3) is 0.316. The van der Waals surface area contributed by atoms with E-state index in [0.29, 0.717) is 17.2 Å². The van der Waals surface area contributed by atoms with Gasteiger partial charge in [-0.2, -0.15) is 0 Å². The molecule has 2 aromatic carbocycles. The SMILES string of the molecule is CC1(C)CC1(CNC(=S)Nc1ccccc1)c1ccc(F)cc1F. The Hall–Kier alpha value is -2.01. The summed E-state index contributed by atoms with van der Waals surface area (Å²) in [7, 11) is 0. The van der Waals surface area contributed by atoms with Gasteiger partial charge in [0, 0.05) is 23.7 Å². The summed E-state index contributed by atoms with van der Waals surface area (Å²) in [6.45, 7) is 4.68. The molecule has 2 N–H and O–H groups in total. The van der Waals surface area contributed by atoms with Crippen molar-refractivity contribution in [1.29, 1.82) is 0 Å². The molecule has 0 spiro atoms. The van der Waals surface area contributed by atoms with E-state index < -0.39 is 11.6 Å². The number of hydrogen-bond acceptors (Lipinski definition) is 1. The van der Waals surface area contributed by atoms with Gasteiger partial charge in [0.25, 0.3) is 0 Å². The van der Waals surface area contributed by atoms with Gasteiger partial charge in [-0.3, -0.25) is 0 Å². The number of rotatable bonds is 4. The first kappa shape index (κ1) is 16.8. The van der Waals surface area contributed by atoms with Crippen LogP contribution in [0, 0.1) is 17.0 Å². The molecule has 0 bridgehead atoms.